The molecule has 0 aliphatic heterocycles. The molecule has 0 bridgehead atoms. The Morgan fingerprint density at radius 2 is 1.94 bits per heavy atom. The van der Waals surface area contributed by atoms with Crippen molar-refractivity contribution >= 4 is 50.6 Å². The quantitative estimate of drug-likeness (QED) is 0.218. The van der Waals surface area contributed by atoms with Crippen LogP contribution in [-0.4, -0.2) is 37.1 Å². The van der Waals surface area contributed by atoms with E-state index in [0.717, 1.165) is 26.3 Å². The molecule has 0 atom stereocenters. The van der Waals surface area contributed by atoms with E-state index in [1.54, 1.807) is 23.7 Å². The molecule has 0 radical (unpaired) electrons. The second-order valence-corrected chi connectivity index (χ2v) is 9.16. The maximum absolute atomic E-state index is 12.4. The molecule has 156 valence electrons. The van der Waals surface area contributed by atoms with Crippen LogP contribution in [0.15, 0.2) is 81.0 Å². The lowest BCUT2D eigenvalue weighted by atomic mass is 10.2. The first-order chi connectivity index (χ1) is 15.1. The highest BCUT2D eigenvalue weighted by molar-refractivity contribution is 9.10. The number of thioether (sulfide) groups is 1. The number of pyridine rings is 1. The fraction of sp³-hybridized carbons (Fsp3) is 0.0952. The Balaban J connectivity index is 1.54. The normalized spacial score (nSPS) is 11.5. The molecule has 4 rings (SSSR count). The first-order valence-corrected chi connectivity index (χ1v) is 11.9. The number of nitrogens with zero attached hydrogens (tertiary/aromatic N) is 5. The van der Waals surface area contributed by atoms with Crippen molar-refractivity contribution < 1.29 is 4.79 Å². The lowest BCUT2D eigenvalue weighted by Gasteiger charge is -2.10. The number of benzene rings is 1. The molecule has 4 aromatic rings. The van der Waals surface area contributed by atoms with Gasteiger partial charge in [0, 0.05) is 33.0 Å². The van der Waals surface area contributed by atoms with Gasteiger partial charge in [-0.25, -0.2) is 5.43 Å². The van der Waals surface area contributed by atoms with Gasteiger partial charge in [-0.1, -0.05) is 33.8 Å². The molecule has 31 heavy (non-hydrogen) atoms. The Kier molecular flexibility index (Phi) is 6.90. The third-order valence-electron chi connectivity index (χ3n) is 4.22. The number of thiophene rings is 1. The van der Waals surface area contributed by atoms with Crippen molar-refractivity contribution in [3.63, 3.8) is 0 Å². The van der Waals surface area contributed by atoms with Crippen molar-refractivity contribution in [2.24, 2.45) is 5.10 Å². The van der Waals surface area contributed by atoms with Crippen molar-refractivity contribution in [1.82, 2.24) is 25.2 Å². The zero-order valence-corrected chi connectivity index (χ0v) is 19.6. The van der Waals surface area contributed by atoms with Crippen LogP contribution in [0.3, 0.4) is 0 Å². The molecule has 0 saturated carbocycles. The van der Waals surface area contributed by atoms with E-state index in [9.17, 15) is 4.79 Å². The van der Waals surface area contributed by atoms with Crippen LogP contribution in [0, 0.1) is 0 Å². The van der Waals surface area contributed by atoms with Crippen LogP contribution in [0.2, 0.25) is 0 Å². The van der Waals surface area contributed by atoms with E-state index in [4.69, 9.17) is 0 Å². The number of nitrogens with one attached hydrogen (secondary N) is 1. The van der Waals surface area contributed by atoms with E-state index in [1.807, 2.05) is 65.4 Å². The molecular weight excluding hydrogens is 496 g/mol. The third kappa shape index (κ3) is 5.27. The van der Waals surface area contributed by atoms with Gasteiger partial charge in [0.1, 0.15) is 0 Å². The smallest absolute Gasteiger partial charge is 0.250 e. The van der Waals surface area contributed by atoms with Crippen LogP contribution in [-0.2, 0) is 4.79 Å². The minimum absolute atomic E-state index is 0.159. The maximum Gasteiger partial charge on any atom is 0.250 e. The van der Waals surface area contributed by atoms with E-state index < -0.39 is 0 Å². The van der Waals surface area contributed by atoms with E-state index in [0.29, 0.717) is 11.0 Å². The molecule has 0 aliphatic carbocycles. The highest BCUT2D eigenvalue weighted by atomic mass is 79.9. The number of amides is 1. The molecule has 3 aromatic heterocycles. The summed E-state index contributed by atoms with van der Waals surface area (Å²) in [5.41, 5.74) is 5.16. The van der Waals surface area contributed by atoms with Crippen LogP contribution in [0.1, 0.15) is 11.8 Å². The van der Waals surface area contributed by atoms with Gasteiger partial charge in [-0.05, 0) is 54.8 Å². The summed E-state index contributed by atoms with van der Waals surface area (Å²) in [5.74, 6) is 0.627. The topological polar surface area (TPSA) is 85.1 Å². The number of halogens is 1. The average molecular weight is 513 g/mol. The molecular formula is C21H17BrN6OS2. The molecule has 1 amide bonds. The van der Waals surface area contributed by atoms with Crippen LogP contribution >= 0.6 is 39.0 Å². The summed E-state index contributed by atoms with van der Waals surface area (Å²) in [6, 6.07) is 15.5. The van der Waals surface area contributed by atoms with Gasteiger partial charge < -0.3 is 0 Å². The Labute approximate surface area is 195 Å². The lowest BCUT2D eigenvalue weighted by molar-refractivity contribution is -0.118. The summed E-state index contributed by atoms with van der Waals surface area (Å²) in [6.45, 7) is 1.87. The van der Waals surface area contributed by atoms with Crippen LogP contribution in [0.25, 0.3) is 17.1 Å². The van der Waals surface area contributed by atoms with Gasteiger partial charge in [-0.15, -0.1) is 21.5 Å². The summed E-state index contributed by atoms with van der Waals surface area (Å²) >= 11 is 6.34. The molecule has 3 heterocycles. The van der Waals surface area contributed by atoms with Gasteiger partial charge in [0.25, 0.3) is 5.91 Å². The van der Waals surface area contributed by atoms with Crippen LogP contribution < -0.4 is 5.43 Å². The zero-order chi connectivity index (χ0) is 21.6. The standard InChI is InChI=1S/C21H17BrN6OS2/c1-14(18-3-2-12-30-18)24-25-19(29)13-31-21-27-26-20(15-8-10-23-11-9-15)28(21)17-6-4-16(22)5-7-17/h2-12H,13H2,1H3,(H,25,29)/b24-14-. The zero-order valence-electron chi connectivity index (χ0n) is 16.4. The highest BCUT2D eigenvalue weighted by Crippen LogP contribution is 2.28. The van der Waals surface area contributed by atoms with Crippen molar-refractivity contribution in [3.8, 4) is 17.1 Å². The molecule has 0 aliphatic rings. The van der Waals surface area contributed by atoms with Gasteiger partial charge in [-0.2, -0.15) is 5.10 Å². The SMILES string of the molecule is C/C(=N/NC(=O)CSc1nnc(-c2ccncc2)n1-c1ccc(Br)cc1)c1cccs1. The van der Waals surface area contributed by atoms with Crippen molar-refractivity contribution in [2.75, 3.05) is 5.75 Å². The molecule has 0 saturated heterocycles. The summed E-state index contributed by atoms with van der Waals surface area (Å²) in [4.78, 5) is 17.4. The largest absolute Gasteiger partial charge is 0.272 e. The Morgan fingerprint density at radius 3 is 2.65 bits per heavy atom. The molecule has 1 aromatic carbocycles. The molecule has 0 spiro atoms. The minimum Gasteiger partial charge on any atom is -0.272 e. The van der Waals surface area contributed by atoms with Gasteiger partial charge in [0.2, 0.25) is 0 Å². The van der Waals surface area contributed by atoms with E-state index in [2.05, 4.69) is 41.6 Å². The van der Waals surface area contributed by atoms with E-state index in [-0.39, 0.29) is 11.7 Å². The maximum atomic E-state index is 12.4. The number of hydrogen-bond donors (Lipinski definition) is 1. The number of hydrazone groups is 1. The second kappa shape index (κ2) is 9.99. The molecule has 1 N–H and O–H groups in total. The number of carbonyl (C=O) groups excluding carboxylic acids is 1. The third-order valence-corrected chi connectivity index (χ3v) is 6.65. The highest BCUT2D eigenvalue weighted by Gasteiger charge is 2.17. The van der Waals surface area contributed by atoms with Crippen LogP contribution in [0.4, 0.5) is 0 Å². The number of carbonyl (C=O) groups is 1. The number of rotatable bonds is 7. The molecule has 7 nitrogen and oxygen atoms in total. The van der Waals surface area contributed by atoms with Gasteiger partial charge in [0.15, 0.2) is 11.0 Å². The first kappa shape index (κ1) is 21.4. The predicted octanol–water partition coefficient (Wildman–Crippen LogP) is 4.79. The van der Waals surface area contributed by atoms with Crippen molar-refractivity contribution in [1.29, 1.82) is 0 Å². The van der Waals surface area contributed by atoms with Crippen molar-refractivity contribution in [3.05, 3.63) is 75.7 Å². The van der Waals surface area contributed by atoms with Gasteiger partial charge in [-0.3, -0.25) is 14.3 Å². The summed E-state index contributed by atoms with van der Waals surface area (Å²) in [5, 5.41) is 15.5. The van der Waals surface area contributed by atoms with Crippen LogP contribution in [0.5, 0.6) is 0 Å². The minimum atomic E-state index is -0.211. The molecule has 0 unspecified atom stereocenters. The second-order valence-electron chi connectivity index (χ2n) is 6.35. The average Bonchev–Trinajstić information content (AvgIpc) is 3.48. The Morgan fingerprint density at radius 1 is 1.16 bits per heavy atom. The van der Waals surface area contributed by atoms with Gasteiger partial charge in [0.05, 0.1) is 11.5 Å². The molecule has 10 heteroatoms. The summed E-state index contributed by atoms with van der Waals surface area (Å²) < 4.78 is 2.90. The van der Waals surface area contributed by atoms with E-state index >= 15 is 0 Å². The first-order valence-electron chi connectivity index (χ1n) is 9.23. The number of hydrogen-bond acceptors (Lipinski definition) is 7. The Hall–Kier alpha value is -2.82. The van der Waals surface area contributed by atoms with E-state index in [1.165, 1.54) is 11.8 Å². The predicted molar refractivity (Wildman–Crippen MR) is 128 cm³/mol. The lowest BCUT2D eigenvalue weighted by Crippen LogP contribution is -2.21. The fourth-order valence-electron chi connectivity index (χ4n) is 2.72. The van der Waals surface area contributed by atoms with Gasteiger partial charge >= 0.3 is 0 Å². The number of aromatic nitrogens is 4. The monoisotopic (exact) mass is 512 g/mol. The fourth-order valence-corrected chi connectivity index (χ4v) is 4.41. The van der Waals surface area contributed by atoms with Crippen molar-refractivity contribution in [2.45, 2.75) is 12.1 Å². The molecule has 0 fully saturated rings. The Bertz CT molecular complexity index is 1190. The summed E-state index contributed by atoms with van der Waals surface area (Å²) in [6.07, 6.45) is 3.42. The summed E-state index contributed by atoms with van der Waals surface area (Å²) in [7, 11) is 0.